The lowest BCUT2D eigenvalue weighted by atomic mass is 10.1. The lowest BCUT2D eigenvalue weighted by Gasteiger charge is -2.09. The molecule has 0 spiro atoms. The van der Waals surface area contributed by atoms with Gasteiger partial charge in [0.25, 0.3) is 0 Å². The molecule has 0 amide bonds. The largest absolute Gasteiger partial charge is 0.381 e. The van der Waals surface area contributed by atoms with E-state index >= 15 is 0 Å². The summed E-state index contributed by atoms with van der Waals surface area (Å²) in [6, 6.07) is 16.1. The van der Waals surface area contributed by atoms with E-state index < -0.39 is 9.84 Å². The third kappa shape index (κ3) is 3.37. The lowest BCUT2D eigenvalue weighted by Crippen LogP contribution is -2.03. The molecule has 0 aliphatic carbocycles. The number of nitriles is 1. The number of hydrogen-bond acceptors (Lipinski definition) is 4. The molecule has 0 aliphatic rings. The SMILES string of the molecule is CS(=O)(=O)c1cccc(NCc2ccccc2C#N)c1. The Kier molecular flexibility index (Phi) is 4.06. The minimum Gasteiger partial charge on any atom is -0.381 e. The highest BCUT2D eigenvalue weighted by molar-refractivity contribution is 7.90. The summed E-state index contributed by atoms with van der Waals surface area (Å²) in [4.78, 5) is 0.274. The lowest BCUT2D eigenvalue weighted by molar-refractivity contribution is 0.602. The van der Waals surface area contributed by atoms with Crippen LogP contribution in [0.5, 0.6) is 0 Å². The molecule has 2 aromatic carbocycles. The van der Waals surface area contributed by atoms with Crippen LogP contribution in [0.15, 0.2) is 53.4 Å². The highest BCUT2D eigenvalue weighted by atomic mass is 32.2. The van der Waals surface area contributed by atoms with Gasteiger partial charge in [0.15, 0.2) is 9.84 Å². The number of anilines is 1. The Morgan fingerprint density at radius 3 is 2.60 bits per heavy atom. The summed E-state index contributed by atoms with van der Waals surface area (Å²) in [7, 11) is -3.21. The van der Waals surface area contributed by atoms with Crippen molar-refractivity contribution >= 4 is 15.5 Å². The summed E-state index contributed by atoms with van der Waals surface area (Å²) in [5.74, 6) is 0. The molecular weight excluding hydrogens is 272 g/mol. The van der Waals surface area contributed by atoms with Gasteiger partial charge in [-0.3, -0.25) is 0 Å². The molecule has 102 valence electrons. The second-order valence-electron chi connectivity index (χ2n) is 4.42. The highest BCUT2D eigenvalue weighted by Gasteiger charge is 2.07. The van der Waals surface area contributed by atoms with E-state index in [9.17, 15) is 8.42 Å². The fourth-order valence-corrected chi connectivity index (χ4v) is 2.48. The third-order valence-corrected chi connectivity index (χ3v) is 3.99. The first-order valence-electron chi connectivity index (χ1n) is 6.03. The minimum atomic E-state index is -3.21. The molecule has 0 aliphatic heterocycles. The summed E-state index contributed by atoms with van der Waals surface area (Å²) < 4.78 is 23.0. The van der Waals surface area contributed by atoms with Gasteiger partial charge in [-0.05, 0) is 29.8 Å². The van der Waals surface area contributed by atoms with Crippen molar-refractivity contribution in [1.29, 1.82) is 5.26 Å². The van der Waals surface area contributed by atoms with Gasteiger partial charge in [-0.25, -0.2) is 8.42 Å². The molecule has 0 bridgehead atoms. The zero-order valence-electron chi connectivity index (χ0n) is 11.0. The molecule has 0 atom stereocenters. The zero-order valence-corrected chi connectivity index (χ0v) is 11.8. The molecule has 1 N–H and O–H groups in total. The van der Waals surface area contributed by atoms with Crippen molar-refractivity contribution in [3.8, 4) is 6.07 Å². The Labute approximate surface area is 118 Å². The zero-order chi connectivity index (χ0) is 14.6. The molecule has 0 aromatic heterocycles. The number of benzene rings is 2. The molecule has 4 nitrogen and oxygen atoms in total. The Hall–Kier alpha value is -2.32. The molecule has 2 rings (SSSR count). The van der Waals surface area contributed by atoms with Crippen molar-refractivity contribution in [2.24, 2.45) is 0 Å². The first kappa shape index (κ1) is 14.1. The van der Waals surface area contributed by atoms with Crippen molar-refractivity contribution < 1.29 is 8.42 Å². The number of hydrogen-bond donors (Lipinski definition) is 1. The van der Waals surface area contributed by atoms with E-state index in [1.807, 2.05) is 18.2 Å². The summed E-state index contributed by atoms with van der Waals surface area (Å²) in [5.41, 5.74) is 2.19. The van der Waals surface area contributed by atoms with Crippen LogP contribution in [-0.4, -0.2) is 14.7 Å². The molecule has 5 heteroatoms. The maximum Gasteiger partial charge on any atom is 0.175 e. The topological polar surface area (TPSA) is 70.0 Å². The number of nitrogens with zero attached hydrogens (tertiary/aromatic N) is 1. The summed E-state index contributed by atoms with van der Waals surface area (Å²) in [6.07, 6.45) is 1.18. The maximum absolute atomic E-state index is 11.5. The molecule has 0 radical (unpaired) electrons. The van der Waals surface area contributed by atoms with Crippen LogP contribution in [0.2, 0.25) is 0 Å². The first-order valence-corrected chi connectivity index (χ1v) is 7.92. The van der Waals surface area contributed by atoms with Crippen LogP contribution in [0.25, 0.3) is 0 Å². The fraction of sp³-hybridized carbons (Fsp3) is 0.133. The Balaban J connectivity index is 2.18. The standard InChI is InChI=1S/C15H14N2O2S/c1-20(18,19)15-8-4-7-14(9-15)17-11-13-6-3-2-5-12(13)10-16/h2-9,17H,11H2,1H3. The highest BCUT2D eigenvalue weighted by Crippen LogP contribution is 2.17. The third-order valence-electron chi connectivity index (χ3n) is 2.88. The number of rotatable bonds is 4. The number of sulfone groups is 1. The quantitative estimate of drug-likeness (QED) is 0.937. The van der Waals surface area contributed by atoms with Crippen molar-refractivity contribution in [3.05, 3.63) is 59.7 Å². The van der Waals surface area contributed by atoms with Crippen LogP contribution in [-0.2, 0) is 16.4 Å². The molecule has 0 saturated carbocycles. The van der Waals surface area contributed by atoms with Gasteiger partial charge in [-0.2, -0.15) is 5.26 Å². The van der Waals surface area contributed by atoms with Gasteiger partial charge < -0.3 is 5.32 Å². The summed E-state index contributed by atoms with van der Waals surface area (Å²) in [5, 5.41) is 12.1. The predicted molar refractivity (Wildman–Crippen MR) is 78.0 cm³/mol. The molecular formula is C15H14N2O2S. The molecule has 0 heterocycles. The molecule has 0 unspecified atom stereocenters. The minimum absolute atomic E-state index is 0.274. The Morgan fingerprint density at radius 1 is 1.15 bits per heavy atom. The summed E-state index contributed by atoms with van der Waals surface area (Å²) in [6.45, 7) is 0.469. The average molecular weight is 286 g/mol. The van der Waals surface area contributed by atoms with Crippen LogP contribution in [0.3, 0.4) is 0 Å². The normalized spacial score (nSPS) is 10.8. The van der Waals surface area contributed by atoms with Gasteiger partial charge in [-0.1, -0.05) is 24.3 Å². The van der Waals surface area contributed by atoms with Crippen LogP contribution in [0.4, 0.5) is 5.69 Å². The summed E-state index contributed by atoms with van der Waals surface area (Å²) >= 11 is 0. The van der Waals surface area contributed by atoms with Crippen molar-refractivity contribution in [1.82, 2.24) is 0 Å². The van der Waals surface area contributed by atoms with E-state index in [4.69, 9.17) is 5.26 Å². The van der Waals surface area contributed by atoms with Crippen molar-refractivity contribution in [2.75, 3.05) is 11.6 Å². The van der Waals surface area contributed by atoms with E-state index in [1.165, 1.54) is 6.26 Å². The molecule has 0 fully saturated rings. The maximum atomic E-state index is 11.5. The van der Waals surface area contributed by atoms with E-state index in [0.717, 1.165) is 5.56 Å². The van der Waals surface area contributed by atoms with Crippen LogP contribution >= 0.6 is 0 Å². The van der Waals surface area contributed by atoms with E-state index in [0.29, 0.717) is 17.8 Å². The predicted octanol–water partition coefficient (Wildman–Crippen LogP) is 2.57. The van der Waals surface area contributed by atoms with Gasteiger partial charge in [-0.15, -0.1) is 0 Å². The van der Waals surface area contributed by atoms with Gasteiger partial charge in [0.1, 0.15) is 0 Å². The van der Waals surface area contributed by atoms with Crippen molar-refractivity contribution in [3.63, 3.8) is 0 Å². The van der Waals surface area contributed by atoms with E-state index in [1.54, 1.807) is 30.3 Å². The molecule has 0 saturated heterocycles. The van der Waals surface area contributed by atoms with Gasteiger partial charge in [0, 0.05) is 18.5 Å². The Bertz CT molecular complexity index is 761. The van der Waals surface area contributed by atoms with Crippen LogP contribution in [0, 0.1) is 11.3 Å². The fourth-order valence-electron chi connectivity index (χ4n) is 1.82. The Morgan fingerprint density at radius 2 is 1.90 bits per heavy atom. The first-order chi connectivity index (χ1) is 9.50. The second-order valence-corrected chi connectivity index (χ2v) is 6.44. The van der Waals surface area contributed by atoms with E-state index in [2.05, 4.69) is 11.4 Å². The van der Waals surface area contributed by atoms with Gasteiger partial charge in [0.05, 0.1) is 16.5 Å². The number of nitrogens with one attached hydrogen (secondary N) is 1. The van der Waals surface area contributed by atoms with Gasteiger partial charge >= 0.3 is 0 Å². The monoisotopic (exact) mass is 286 g/mol. The average Bonchev–Trinajstić information content (AvgIpc) is 2.45. The smallest absolute Gasteiger partial charge is 0.175 e. The van der Waals surface area contributed by atoms with Gasteiger partial charge in [0.2, 0.25) is 0 Å². The van der Waals surface area contributed by atoms with Crippen LogP contribution < -0.4 is 5.32 Å². The molecule has 20 heavy (non-hydrogen) atoms. The van der Waals surface area contributed by atoms with Crippen LogP contribution in [0.1, 0.15) is 11.1 Å². The van der Waals surface area contributed by atoms with E-state index in [-0.39, 0.29) is 4.90 Å². The molecule has 2 aromatic rings. The second kappa shape index (κ2) is 5.76. The van der Waals surface area contributed by atoms with Crippen molar-refractivity contribution in [2.45, 2.75) is 11.4 Å².